The molecule has 4 N–H and O–H groups in total. The molecule has 0 aliphatic rings. The number of nitrogens with one attached hydrogen (secondary N) is 1. The maximum absolute atomic E-state index is 11.2. The first-order chi connectivity index (χ1) is 11.5. The molecule has 2 atom stereocenters. The van der Waals surface area contributed by atoms with Gasteiger partial charge in [0, 0.05) is 12.7 Å². The molecule has 0 bridgehead atoms. The van der Waals surface area contributed by atoms with Gasteiger partial charge in [0.2, 0.25) is 0 Å². The molecule has 24 heavy (non-hydrogen) atoms. The van der Waals surface area contributed by atoms with Crippen molar-refractivity contribution in [2.24, 2.45) is 0 Å². The van der Waals surface area contributed by atoms with E-state index in [0.29, 0.717) is 29.7 Å². The minimum atomic E-state index is -0.817. The lowest BCUT2D eigenvalue weighted by Crippen LogP contribution is -2.21. The number of methoxy groups -OCH3 is 1. The van der Waals surface area contributed by atoms with E-state index in [1.807, 2.05) is 0 Å². The molecule has 0 saturated heterocycles. The number of aliphatic hydroxyl groups excluding tert-OH is 2. The Labute approximate surface area is 141 Å². The summed E-state index contributed by atoms with van der Waals surface area (Å²) < 4.78 is 10.6. The van der Waals surface area contributed by atoms with Crippen molar-refractivity contribution >= 4 is 5.91 Å². The number of amides is 1. The SMILES string of the molecule is CO[C@H](CC/C=C(\C)C(=O)NO)[C@H](O)c1ccc(OCCO)cc1. The lowest BCUT2D eigenvalue weighted by molar-refractivity contribution is -0.125. The Morgan fingerprint density at radius 2 is 2.00 bits per heavy atom. The van der Waals surface area contributed by atoms with E-state index < -0.39 is 18.1 Å². The minimum absolute atomic E-state index is 0.0582. The number of carbonyl (C=O) groups excluding carboxylic acids is 1. The van der Waals surface area contributed by atoms with Gasteiger partial charge in [0.05, 0.1) is 12.7 Å². The van der Waals surface area contributed by atoms with Crippen LogP contribution in [0.2, 0.25) is 0 Å². The molecule has 7 nitrogen and oxygen atoms in total. The molecule has 0 aliphatic carbocycles. The van der Waals surface area contributed by atoms with Crippen LogP contribution < -0.4 is 10.2 Å². The Morgan fingerprint density at radius 1 is 1.33 bits per heavy atom. The average molecular weight is 339 g/mol. The van der Waals surface area contributed by atoms with Gasteiger partial charge in [-0.1, -0.05) is 18.2 Å². The van der Waals surface area contributed by atoms with Crippen LogP contribution in [0.5, 0.6) is 5.75 Å². The van der Waals surface area contributed by atoms with Crippen LogP contribution in [0.3, 0.4) is 0 Å². The molecule has 0 heterocycles. The third-order valence-electron chi connectivity index (χ3n) is 3.60. The number of hydrogen-bond donors (Lipinski definition) is 4. The minimum Gasteiger partial charge on any atom is -0.491 e. The largest absolute Gasteiger partial charge is 0.491 e. The first-order valence-electron chi connectivity index (χ1n) is 7.69. The Balaban J connectivity index is 2.62. The van der Waals surface area contributed by atoms with Crippen molar-refractivity contribution in [3.63, 3.8) is 0 Å². The Morgan fingerprint density at radius 3 is 2.54 bits per heavy atom. The summed E-state index contributed by atoms with van der Waals surface area (Å²) in [6.45, 7) is 1.75. The standard InChI is InChI=1S/C17H25NO6/c1-12(17(21)18-22)4-3-5-15(23-2)16(20)13-6-8-14(9-7-13)24-11-10-19/h4,6-9,15-16,19-20,22H,3,5,10-11H2,1-2H3,(H,18,21)/b12-4+/t15-,16-/m1/s1. The normalized spacial score (nSPS) is 14.1. The molecule has 1 amide bonds. The third kappa shape index (κ3) is 6.29. The molecule has 1 rings (SSSR count). The molecule has 7 heteroatoms. The highest BCUT2D eigenvalue weighted by Crippen LogP contribution is 2.24. The first-order valence-corrected chi connectivity index (χ1v) is 7.69. The fourth-order valence-corrected chi connectivity index (χ4v) is 2.19. The summed E-state index contributed by atoms with van der Waals surface area (Å²) in [5, 5.41) is 27.7. The van der Waals surface area contributed by atoms with Crippen molar-refractivity contribution in [1.29, 1.82) is 0 Å². The molecule has 0 fully saturated rings. The van der Waals surface area contributed by atoms with Crippen molar-refractivity contribution in [3.8, 4) is 5.75 Å². The van der Waals surface area contributed by atoms with E-state index in [0.717, 1.165) is 0 Å². The molecule has 0 spiro atoms. The Hall–Kier alpha value is -1.93. The van der Waals surface area contributed by atoms with Gasteiger partial charge in [-0.25, -0.2) is 5.48 Å². The molecule has 1 aromatic rings. The van der Waals surface area contributed by atoms with Gasteiger partial charge in [0.25, 0.3) is 5.91 Å². The number of rotatable bonds is 10. The average Bonchev–Trinajstić information content (AvgIpc) is 2.62. The van der Waals surface area contributed by atoms with Crippen LogP contribution in [-0.4, -0.2) is 47.8 Å². The third-order valence-corrected chi connectivity index (χ3v) is 3.60. The van der Waals surface area contributed by atoms with Gasteiger partial charge in [0.15, 0.2) is 0 Å². The van der Waals surface area contributed by atoms with Gasteiger partial charge in [-0.3, -0.25) is 10.0 Å². The molecule has 0 unspecified atom stereocenters. The monoisotopic (exact) mass is 339 g/mol. The van der Waals surface area contributed by atoms with Crippen LogP contribution >= 0.6 is 0 Å². The molecule has 0 aliphatic heterocycles. The Bertz CT molecular complexity index is 528. The summed E-state index contributed by atoms with van der Waals surface area (Å²) in [5.41, 5.74) is 2.65. The second kappa shape index (κ2) is 10.8. The van der Waals surface area contributed by atoms with Gasteiger partial charge in [-0.05, 0) is 37.5 Å². The first kappa shape index (κ1) is 20.1. The molecular weight excluding hydrogens is 314 g/mol. The predicted molar refractivity (Wildman–Crippen MR) is 87.7 cm³/mol. The summed E-state index contributed by atoms with van der Waals surface area (Å²) in [6.07, 6.45) is 1.46. The lowest BCUT2D eigenvalue weighted by Gasteiger charge is -2.21. The maximum atomic E-state index is 11.2. The highest BCUT2D eigenvalue weighted by atomic mass is 16.5. The second-order valence-electron chi connectivity index (χ2n) is 5.27. The quantitative estimate of drug-likeness (QED) is 0.291. The second-order valence-corrected chi connectivity index (χ2v) is 5.27. The molecule has 0 radical (unpaired) electrons. The van der Waals surface area contributed by atoms with E-state index in [-0.39, 0.29) is 13.2 Å². The van der Waals surface area contributed by atoms with Crippen molar-refractivity contribution in [1.82, 2.24) is 5.48 Å². The van der Waals surface area contributed by atoms with Crippen molar-refractivity contribution in [2.45, 2.75) is 32.0 Å². The van der Waals surface area contributed by atoms with Crippen molar-refractivity contribution in [3.05, 3.63) is 41.5 Å². The van der Waals surface area contributed by atoms with Gasteiger partial charge in [0.1, 0.15) is 18.5 Å². The van der Waals surface area contributed by atoms with Crippen LogP contribution in [0.15, 0.2) is 35.9 Å². The van der Waals surface area contributed by atoms with Gasteiger partial charge in [-0.2, -0.15) is 0 Å². The molecular formula is C17H25NO6. The van der Waals surface area contributed by atoms with Crippen molar-refractivity contribution in [2.75, 3.05) is 20.3 Å². The summed E-state index contributed by atoms with van der Waals surface area (Å²) in [5.74, 6) is 0.0607. The number of hydrogen-bond acceptors (Lipinski definition) is 6. The highest BCUT2D eigenvalue weighted by Gasteiger charge is 2.20. The molecule has 0 aromatic heterocycles. The number of carbonyl (C=O) groups is 1. The number of benzene rings is 1. The van der Waals surface area contributed by atoms with Crippen LogP contribution in [0.1, 0.15) is 31.4 Å². The van der Waals surface area contributed by atoms with Gasteiger partial charge < -0.3 is 19.7 Å². The van der Waals surface area contributed by atoms with Crippen LogP contribution in [0, 0.1) is 0 Å². The number of hydroxylamine groups is 1. The molecule has 1 aromatic carbocycles. The predicted octanol–water partition coefficient (Wildman–Crippen LogP) is 1.34. The number of allylic oxidation sites excluding steroid dienone is 1. The van der Waals surface area contributed by atoms with Gasteiger partial charge >= 0.3 is 0 Å². The summed E-state index contributed by atoms with van der Waals surface area (Å²) in [4.78, 5) is 11.2. The van der Waals surface area contributed by atoms with Crippen LogP contribution in [-0.2, 0) is 9.53 Å². The summed E-state index contributed by atoms with van der Waals surface area (Å²) >= 11 is 0. The lowest BCUT2D eigenvalue weighted by atomic mass is 10.00. The molecule has 0 saturated carbocycles. The summed E-state index contributed by atoms with van der Waals surface area (Å²) in [6, 6.07) is 6.92. The topological polar surface area (TPSA) is 108 Å². The zero-order valence-corrected chi connectivity index (χ0v) is 13.9. The smallest absolute Gasteiger partial charge is 0.269 e. The van der Waals surface area contributed by atoms with E-state index in [4.69, 9.17) is 19.8 Å². The summed E-state index contributed by atoms with van der Waals surface area (Å²) in [7, 11) is 1.52. The van der Waals surface area contributed by atoms with Gasteiger partial charge in [-0.15, -0.1) is 0 Å². The maximum Gasteiger partial charge on any atom is 0.269 e. The van der Waals surface area contributed by atoms with Crippen LogP contribution in [0.25, 0.3) is 0 Å². The highest BCUT2D eigenvalue weighted by molar-refractivity contribution is 5.91. The van der Waals surface area contributed by atoms with Crippen molar-refractivity contribution < 1.29 is 29.7 Å². The fraction of sp³-hybridized carbons (Fsp3) is 0.471. The zero-order valence-electron chi connectivity index (χ0n) is 13.9. The molecule has 134 valence electrons. The zero-order chi connectivity index (χ0) is 17.9. The van der Waals surface area contributed by atoms with E-state index in [1.165, 1.54) is 7.11 Å². The van der Waals surface area contributed by atoms with Crippen LogP contribution in [0.4, 0.5) is 0 Å². The number of aliphatic hydroxyl groups is 2. The fourth-order valence-electron chi connectivity index (χ4n) is 2.19. The van der Waals surface area contributed by atoms with E-state index in [2.05, 4.69) is 0 Å². The Kier molecular flexibility index (Phi) is 9.03. The number of ether oxygens (including phenoxy) is 2. The van der Waals surface area contributed by atoms with E-state index in [1.54, 1.807) is 42.7 Å². The van der Waals surface area contributed by atoms with E-state index in [9.17, 15) is 9.90 Å². The van der Waals surface area contributed by atoms with E-state index >= 15 is 0 Å².